The van der Waals surface area contributed by atoms with Gasteiger partial charge in [0.15, 0.2) is 12.1 Å². The van der Waals surface area contributed by atoms with Gasteiger partial charge in [0.1, 0.15) is 28.6 Å². The molecule has 0 bridgehead atoms. The predicted octanol–water partition coefficient (Wildman–Crippen LogP) is 2.58. The Balaban J connectivity index is 1.95. The number of hydrogen-bond donors (Lipinski definition) is 4. The number of halogens is 2. The third-order valence-corrected chi connectivity index (χ3v) is 7.12. The predicted molar refractivity (Wildman–Crippen MR) is 123 cm³/mol. The molecule has 7 nitrogen and oxygen atoms in total. The van der Waals surface area contributed by atoms with Crippen LogP contribution in [0, 0.1) is 5.92 Å². The number of hydrogen-bond acceptors (Lipinski definition) is 6. The van der Waals surface area contributed by atoms with E-state index in [0.717, 1.165) is 12.0 Å². The van der Waals surface area contributed by atoms with Crippen molar-refractivity contribution in [2.75, 3.05) is 0 Å². The summed E-state index contributed by atoms with van der Waals surface area (Å²) in [5.74, 6) is -0.762. The monoisotopic (exact) mass is 491 g/mol. The van der Waals surface area contributed by atoms with Gasteiger partial charge in [-0.2, -0.15) is 0 Å². The molecule has 0 aromatic rings. The van der Waals surface area contributed by atoms with Gasteiger partial charge in [0.25, 0.3) is 0 Å². The Hall–Kier alpha value is -0.960. The molecule has 32 heavy (non-hydrogen) atoms. The summed E-state index contributed by atoms with van der Waals surface area (Å²) in [5, 5.41) is 31.1. The summed E-state index contributed by atoms with van der Waals surface area (Å²) in [7, 11) is 0. The van der Waals surface area contributed by atoms with E-state index in [1.54, 1.807) is 6.08 Å². The molecular formula is C23H35Cl2NO6. The first-order valence-electron chi connectivity index (χ1n) is 11.2. The zero-order valence-electron chi connectivity index (χ0n) is 18.8. The van der Waals surface area contributed by atoms with Gasteiger partial charge < -0.3 is 25.4 Å². The second-order valence-corrected chi connectivity index (χ2v) is 9.89. The van der Waals surface area contributed by atoms with E-state index in [1.807, 2.05) is 6.92 Å². The van der Waals surface area contributed by atoms with Crippen molar-refractivity contribution in [3.63, 3.8) is 0 Å². The average molecular weight is 492 g/mol. The average Bonchev–Trinajstić information content (AvgIpc) is 3.08. The van der Waals surface area contributed by atoms with Crippen LogP contribution in [0.3, 0.4) is 0 Å². The lowest BCUT2D eigenvalue weighted by molar-refractivity contribution is -0.224. The summed E-state index contributed by atoms with van der Waals surface area (Å²) in [6.45, 7) is 6.25. The summed E-state index contributed by atoms with van der Waals surface area (Å²) in [6.07, 6.45) is 6.31. The normalized spacial score (nSPS) is 36.8. The topological polar surface area (TPSA) is 116 Å². The van der Waals surface area contributed by atoms with Gasteiger partial charge in [0, 0.05) is 12.5 Å². The lowest BCUT2D eigenvalue weighted by atomic mass is 9.76. The molecule has 4 N–H and O–H groups in total. The van der Waals surface area contributed by atoms with Gasteiger partial charge in [0.05, 0.1) is 6.04 Å². The highest BCUT2D eigenvalue weighted by Gasteiger charge is 2.64. The third kappa shape index (κ3) is 6.33. The first-order valence-corrected chi connectivity index (χ1v) is 12.1. The fraction of sp³-hybridized carbons (Fsp3) is 0.739. The van der Waals surface area contributed by atoms with Crippen LogP contribution in [0.25, 0.3) is 0 Å². The number of carbonyl (C=O) groups is 2. The molecule has 2 fully saturated rings. The van der Waals surface area contributed by atoms with Gasteiger partial charge in [-0.15, -0.1) is 23.2 Å². The highest BCUT2D eigenvalue weighted by Crippen LogP contribution is 2.44. The van der Waals surface area contributed by atoms with E-state index in [0.29, 0.717) is 5.92 Å². The van der Waals surface area contributed by atoms with Crippen LogP contribution in [0.1, 0.15) is 59.3 Å². The number of amides is 1. The molecule has 1 saturated heterocycles. The van der Waals surface area contributed by atoms with E-state index in [2.05, 4.69) is 25.2 Å². The van der Waals surface area contributed by atoms with Crippen molar-refractivity contribution in [2.24, 2.45) is 5.92 Å². The number of nitrogens with one attached hydrogen (secondary N) is 1. The molecule has 9 heteroatoms. The molecular weight excluding hydrogens is 457 g/mol. The number of allylic oxidation sites excluding steroid dienone is 3. The van der Waals surface area contributed by atoms with Crippen LogP contribution in [0.4, 0.5) is 0 Å². The Morgan fingerprint density at radius 3 is 2.41 bits per heavy atom. The highest BCUT2D eigenvalue weighted by molar-refractivity contribution is 6.41. The lowest BCUT2D eigenvalue weighted by Crippen LogP contribution is -2.67. The number of Topliss-reactive ketones (excluding diaryl/α,β-unsaturated/α-hetero) is 1. The molecule has 0 radical (unpaired) electrons. The van der Waals surface area contributed by atoms with Crippen LogP contribution in [-0.2, 0) is 14.3 Å². The van der Waals surface area contributed by atoms with E-state index >= 15 is 0 Å². The highest BCUT2D eigenvalue weighted by atomic mass is 35.5. The minimum atomic E-state index is -1.75. The van der Waals surface area contributed by atoms with Gasteiger partial charge in [0.2, 0.25) is 5.91 Å². The molecule has 3 unspecified atom stereocenters. The SMILES string of the molecule is CCCCCCC(C)/C=C(C)/C=C/C(=O)N[C@H]1CC2(OC1O)[C@H](O)[C@H](Cl)C(=O)[C@H](Cl)[C@H]2O. The molecule has 2 rings (SSSR count). The van der Waals surface area contributed by atoms with Gasteiger partial charge in [-0.25, -0.2) is 0 Å². The van der Waals surface area contributed by atoms with Crippen molar-refractivity contribution in [3.8, 4) is 0 Å². The largest absolute Gasteiger partial charge is 0.388 e. The van der Waals surface area contributed by atoms with Crippen molar-refractivity contribution in [3.05, 3.63) is 23.8 Å². The zero-order chi connectivity index (χ0) is 24.1. The molecule has 1 heterocycles. The molecule has 1 aliphatic heterocycles. The van der Waals surface area contributed by atoms with E-state index in [-0.39, 0.29) is 6.42 Å². The van der Waals surface area contributed by atoms with Crippen LogP contribution in [0.2, 0.25) is 0 Å². The van der Waals surface area contributed by atoms with Crippen LogP contribution < -0.4 is 5.32 Å². The van der Waals surface area contributed by atoms with Gasteiger partial charge >= 0.3 is 0 Å². The smallest absolute Gasteiger partial charge is 0.244 e. The van der Waals surface area contributed by atoms with Crippen molar-refractivity contribution in [1.82, 2.24) is 5.32 Å². The third-order valence-electron chi connectivity index (χ3n) is 6.21. The Bertz CT molecular complexity index is 709. The molecule has 1 spiro atoms. The summed E-state index contributed by atoms with van der Waals surface area (Å²) in [6, 6.07) is -0.917. The Morgan fingerprint density at radius 1 is 1.19 bits per heavy atom. The maximum atomic E-state index is 12.4. The maximum Gasteiger partial charge on any atom is 0.244 e. The quantitative estimate of drug-likeness (QED) is 0.170. The number of alkyl halides is 2. The number of carbonyl (C=O) groups excluding carboxylic acids is 2. The molecule has 0 aromatic carbocycles. The van der Waals surface area contributed by atoms with Crippen molar-refractivity contribution < 1.29 is 29.6 Å². The first-order chi connectivity index (χ1) is 15.0. The van der Waals surface area contributed by atoms with E-state index in [1.165, 1.54) is 31.8 Å². The summed E-state index contributed by atoms with van der Waals surface area (Å²) >= 11 is 11.9. The molecule has 8 atom stereocenters. The van der Waals surface area contributed by atoms with Crippen molar-refractivity contribution >= 4 is 34.9 Å². The summed E-state index contributed by atoms with van der Waals surface area (Å²) in [5.41, 5.74) is -0.800. The summed E-state index contributed by atoms with van der Waals surface area (Å²) in [4.78, 5) is 24.3. The number of ether oxygens (including phenoxy) is 1. The van der Waals surface area contributed by atoms with Crippen molar-refractivity contribution in [1.29, 1.82) is 0 Å². The number of unbranched alkanes of at least 4 members (excludes halogenated alkanes) is 3. The van der Waals surface area contributed by atoms with Gasteiger partial charge in [-0.1, -0.05) is 57.3 Å². The molecule has 1 saturated carbocycles. The van der Waals surface area contributed by atoms with Gasteiger partial charge in [-0.05, 0) is 19.3 Å². The zero-order valence-corrected chi connectivity index (χ0v) is 20.4. The standard InChI is InChI=1S/C23H35Cl2NO6/c1-4-5-6-7-8-13(2)11-14(3)9-10-16(27)26-15-12-23(32-22(15)31)20(29)17(24)19(28)18(25)21(23)30/h9-11,13,15,17-18,20-22,29-31H,4-8,12H2,1-3H3,(H,26,27)/b10-9+,14-11+/t13?,15-,17-,18+,20+,21+,22?,23?/m0/s1. The number of ketones is 1. The minimum absolute atomic E-state index is 0.153. The lowest BCUT2D eigenvalue weighted by Gasteiger charge is -2.44. The van der Waals surface area contributed by atoms with Gasteiger partial charge in [-0.3, -0.25) is 9.59 Å². The number of aliphatic hydroxyl groups excluding tert-OH is 3. The Morgan fingerprint density at radius 2 is 1.81 bits per heavy atom. The van der Waals surface area contributed by atoms with Crippen LogP contribution in [0.15, 0.2) is 23.8 Å². The molecule has 1 amide bonds. The molecule has 1 aliphatic carbocycles. The molecule has 2 aliphatic rings. The van der Waals surface area contributed by atoms with E-state index in [4.69, 9.17) is 27.9 Å². The van der Waals surface area contributed by atoms with E-state index in [9.17, 15) is 24.9 Å². The second-order valence-electron chi connectivity index (χ2n) is 8.95. The number of rotatable bonds is 9. The van der Waals surface area contributed by atoms with E-state index < -0.39 is 52.6 Å². The fourth-order valence-corrected chi connectivity index (χ4v) is 5.12. The van der Waals surface area contributed by atoms with Crippen molar-refractivity contribution in [2.45, 2.75) is 100 Å². The number of aliphatic hydroxyl groups is 3. The minimum Gasteiger partial charge on any atom is -0.388 e. The fourth-order valence-electron chi connectivity index (χ4n) is 4.36. The Kier molecular flexibility index (Phi) is 10.2. The second kappa shape index (κ2) is 12.0. The van der Waals surface area contributed by atoms with Crippen LogP contribution in [0.5, 0.6) is 0 Å². The Labute approximate surface area is 199 Å². The maximum absolute atomic E-state index is 12.4. The summed E-state index contributed by atoms with van der Waals surface area (Å²) < 4.78 is 5.43. The first kappa shape index (κ1) is 27.3. The van der Waals surface area contributed by atoms with Crippen LogP contribution >= 0.6 is 23.2 Å². The molecule has 182 valence electrons. The molecule has 0 aromatic heterocycles. The van der Waals surface area contributed by atoms with Crippen LogP contribution in [-0.4, -0.2) is 67.9 Å².